The summed E-state index contributed by atoms with van der Waals surface area (Å²) in [6.45, 7) is -0.848. The van der Waals surface area contributed by atoms with Crippen LogP contribution < -0.4 is 10.1 Å². The van der Waals surface area contributed by atoms with Gasteiger partial charge in [-0.1, -0.05) is 11.6 Å². The van der Waals surface area contributed by atoms with Gasteiger partial charge in [-0.15, -0.1) is 13.2 Å². The van der Waals surface area contributed by atoms with Crippen molar-refractivity contribution in [3.05, 3.63) is 58.6 Å². The summed E-state index contributed by atoms with van der Waals surface area (Å²) in [4.78, 5) is 11.3. The second kappa shape index (κ2) is 8.49. The Kier molecular flexibility index (Phi) is 6.17. The minimum atomic E-state index is -5.27. The van der Waals surface area contributed by atoms with Gasteiger partial charge >= 0.3 is 12.5 Å². The van der Waals surface area contributed by atoms with E-state index in [-0.39, 0.29) is 16.3 Å². The van der Waals surface area contributed by atoms with Gasteiger partial charge in [0.2, 0.25) is 0 Å². The molecule has 2 aromatic rings. The van der Waals surface area contributed by atoms with Crippen LogP contribution in [0.15, 0.2) is 41.3 Å². The van der Waals surface area contributed by atoms with Crippen molar-refractivity contribution in [1.82, 2.24) is 5.32 Å². The molecule has 14 heteroatoms. The van der Waals surface area contributed by atoms with Crippen LogP contribution in [0.2, 0.25) is 5.02 Å². The molecule has 2 N–H and O–H groups in total. The maximum atomic E-state index is 15.2. The quantitative estimate of drug-likeness (QED) is 0.565. The molecule has 2 aromatic carbocycles. The highest BCUT2D eigenvalue weighted by atomic mass is 35.5. The topological polar surface area (TPSA) is 102 Å². The molecule has 1 heterocycles. The van der Waals surface area contributed by atoms with E-state index in [1.54, 1.807) is 0 Å². The molecule has 0 radical (unpaired) electrons. The zero-order valence-corrected chi connectivity index (χ0v) is 19.1. The van der Waals surface area contributed by atoms with Crippen LogP contribution >= 0.6 is 11.6 Å². The second-order valence-corrected chi connectivity index (χ2v) is 10.9. The van der Waals surface area contributed by atoms with E-state index in [0.717, 1.165) is 18.2 Å². The summed E-state index contributed by atoms with van der Waals surface area (Å²) in [5.41, 5.74) is -3.22. The molecule has 1 aliphatic heterocycles. The van der Waals surface area contributed by atoms with E-state index in [9.17, 15) is 35.9 Å². The van der Waals surface area contributed by atoms with Crippen LogP contribution in [0.3, 0.4) is 0 Å². The Morgan fingerprint density at radius 2 is 1.77 bits per heavy atom. The van der Waals surface area contributed by atoms with E-state index in [0.29, 0.717) is 6.07 Å². The number of alkyl halides is 3. The summed E-state index contributed by atoms with van der Waals surface area (Å²) in [7, 11) is -4.71. The highest BCUT2D eigenvalue weighted by Gasteiger charge is 2.67. The molecule has 1 saturated carbocycles. The average molecular weight is 542 g/mol. The number of amides is 1. The normalized spacial score (nSPS) is 26.2. The minimum absolute atomic E-state index is 0.192. The number of aliphatic hydroxyl groups is 1. The first-order valence-corrected chi connectivity index (χ1v) is 12.0. The minimum Gasteiger partial charge on any atom is -0.487 e. The smallest absolute Gasteiger partial charge is 0.487 e. The van der Waals surface area contributed by atoms with Gasteiger partial charge in [0.15, 0.2) is 21.4 Å². The van der Waals surface area contributed by atoms with Crippen LogP contribution in [0, 0.1) is 11.6 Å². The fourth-order valence-electron chi connectivity index (χ4n) is 4.82. The number of ether oxygens (including phenoxy) is 2. The van der Waals surface area contributed by atoms with Crippen LogP contribution in [0.25, 0.3) is 0 Å². The summed E-state index contributed by atoms with van der Waals surface area (Å²) >= 11 is 5.85. The number of halogens is 6. The lowest BCUT2D eigenvalue weighted by Gasteiger charge is -2.54. The molecule has 0 spiro atoms. The van der Waals surface area contributed by atoms with Gasteiger partial charge in [0.05, 0.1) is 10.5 Å². The lowest BCUT2D eigenvalue weighted by Crippen LogP contribution is -2.67. The Morgan fingerprint density at radius 1 is 1.14 bits per heavy atom. The lowest BCUT2D eigenvalue weighted by atomic mass is 9.68. The molecule has 2 aliphatic rings. The number of fused-ring (bicyclic) bond motifs is 3. The third kappa shape index (κ3) is 4.19. The Morgan fingerprint density at radius 3 is 2.40 bits per heavy atom. The molecule has 0 unspecified atom stereocenters. The monoisotopic (exact) mass is 541 g/mol. The van der Waals surface area contributed by atoms with Gasteiger partial charge in [0.1, 0.15) is 22.8 Å². The largest absolute Gasteiger partial charge is 0.576 e. The van der Waals surface area contributed by atoms with Gasteiger partial charge < -0.3 is 19.9 Å². The molecule has 35 heavy (non-hydrogen) atoms. The fraction of sp³-hybridized carbons (Fsp3) is 0.381. The number of nitrogens with one attached hydrogen (secondary N) is 1. The summed E-state index contributed by atoms with van der Waals surface area (Å²) in [6.07, 6.45) is -8.72. The molecule has 0 aromatic heterocycles. The van der Waals surface area contributed by atoms with E-state index in [1.807, 2.05) is 5.32 Å². The number of benzene rings is 2. The molecule has 3 atom stereocenters. The molecule has 7 nitrogen and oxygen atoms in total. The van der Waals surface area contributed by atoms with Crippen LogP contribution in [0.5, 0.6) is 5.75 Å². The van der Waals surface area contributed by atoms with Crippen LogP contribution in [-0.2, 0) is 19.3 Å². The summed E-state index contributed by atoms with van der Waals surface area (Å²) < 4.78 is 101. The Balaban J connectivity index is 1.85. The zero-order chi connectivity index (χ0) is 25.8. The predicted octanol–water partition coefficient (Wildman–Crippen LogP) is 4.21. The third-order valence-electron chi connectivity index (χ3n) is 6.21. The fourth-order valence-corrected chi connectivity index (χ4v) is 7.33. The van der Waals surface area contributed by atoms with Gasteiger partial charge in [-0.2, -0.15) is 0 Å². The van der Waals surface area contributed by atoms with Crippen LogP contribution in [-0.4, -0.2) is 44.2 Å². The van der Waals surface area contributed by atoms with Crippen molar-refractivity contribution in [2.24, 2.45) is 0 Å². The number of hydrogen-bond donors (Lipinski definition) is 2. The van der Waals surface area contributed by atoms with Crippen molar-refractivity contribution in [2.45, 2.75) is 46.9 Å². The standard InChI is InChI=1S/C21H17ClF5NO6S/c22-11-1-3-13(4-2-11)35(31,32)20-8-7-12(28-18(29)34-21(25,26)27)9-19(20,30)10-33-17-15(24)6-5-14(23)16(17)20/h1-6,12,30H,7-10H2,(H,28,29)/t12-,19+,20-/m1/s1. The van der Waals surface area contributed by atoms with Gasteiger partial charge in [0, 0.05) is 17.5 Å². The van der Waals surface area contributed by atoms with Crippen molar-refractivity contribution < 1.29 is 49.7 Å². The Labute approximate surface area is 200 Å². The van der Waals surface area contributed by atoms with Crippen molar-refractivity contribution in [2.75, 3.05) is 6.61 Å². The van der Waals surface area contributed by atoms with Crippen molar-refractivity contribution in [3.63, 3.8) is 0 Å². The first-order chi connectivity index (χ1) is 16.2. The van der Waals surface area contributed by atoms with Crippen molar-refractivity contribution in [1.29, 1.82) is 0 Å². The van der Waals surface area contributed by atoms with Gasteiger partial charge in [-0.05, 0) is 49.2 Å². The second-order valence-electron chi connectivity index (χ2n) is 8.26. The number of carbonyl (C=O) groups excluding carboxylic acids is 1. The SMILES string of the molecule is O=C(N[C@@H]1CC[C@@]2(S(=O)(=O)c3ccc(Cl)cc3)c3c(F)ccc(F)c3OC[C@@]2(O)C1)OC(F)(F)F. The number of hydrogen-bond acceptors (Lipinski definition) is 6. The van der Waals surface area contributed by atoms with E-state index in [1.165, 1.54) is 12.1 Å². The third-order valence-corrected chi connectivity index (χ3v) is 9.06. The molecule has 0 bridgehead atoms. The molecule has 1 amide bonds. The molecular weight excluding hydrogens is 525 g/mol. The number of alkyl carbamates (subject to hydrolysis) is 1. The molecule has 4 rings (SSSR count). The molecular formula is C21H17ClF5NO6S. The van der Waals surface area contributed by atoms with Gasteiger partial charge in [-0.25, -0.2) is 22.0 Å². The zero-order valence-electron chi connectivity index (χ0n) is 17.5. The average Bonchev–Trinajstić information content (AvgIpc) is 2.74. The highest BCUT2D eigenvalue weighted by molar-refractivity contribution is 7.92. The van der Waals surface area contributed by atoms with Crippen LogP contribution in [0.4, 0.5) is 26.7 Å². The summed E-state index contributed by atoms with van der Waals surface area (Å²) in [6, 6.07) is 4.99. The number of carbonyl (C=O) groups is 1. The Hall–Kier alpha value is -2.64. The highest BCUT2D eigenvalue weighted by Crippen LogP contribution is 2.58. The first kappa shape index (κ1) is 25.5. The van der Waals surface area contributed by atoms with Crippen LogP contribution in [0.1, 0.15) is 24.8 Å². The Bertz CT molecular complexity index is 1270. The maximum absolute atomic E-state index is 15.2. The van der Waals surface area contributed by atoms with Gasteiger partial charge in [0.25, 0.3) is 0 Å². The van der Waals surface area contributed by atoms with Gasteiger partial charge in [-0.3, -0.25) is 0 Å². The lowest BCUT2D eigenvalue weighted by molar-refractivity contribution is -0.291. The van der Waals surface area contributed by atoms with E-state index in [2.05, 4.69) is 4.74 Å². The van der Waals surface area contributed by atoms with E-state index >= 15 is 4.39 Å². The van der Waals surface area contributed by atoms with Crippen molar-refractivity contribution >= 4 is 27.5 Å². The predicted molar refractivity (Wildman–Crippen MR) is 110 cm³/mol. The molecule has 0 saturated heterocycles. The number of rotatable bonds is 3. The van der Waals surface area contributed by atoms with E-state index in [4.69, 9.17) is 16.3 Å². The number of sulfone groups is 1. The molecule has 1 fully saturated rings. The molecule has 1 aliphatic carbocycles. The molecule has 190 valence electrons. The maximum Gasteiger partial charge on any atom is 0.576 e. The van der Waals surface area contributed by atoms with Crippen molar-refractivity contribution in [3.8, 4) is 5.75 Å². The first-order valence-electron chi connectivity index (χ1n) is 10.1. The summed E-state index contributed by atoms with van der Waals surface area (Å²) in [5.74, 6) is -2.93. The van der Waals surface area contributed by atoms with E-state index < -0.39 is 81.1 Å². The summed E-state index contributed by atoms with van der Waals surface area (Å²) in [5, 5.41) is 13.8.